The molecule has 0 radical (unpaired) electrons. The summed E-state index contributed by atoms with van der Waals surface area (Å²) in [6.07, 6.45) is 3.95. The lowest BCUT2D eigenvalue weighted by molar-refractivity contribution is 0.102. The quantitative estimate of drug-likeness (QED) is 0.810. The van der Waals surface area contributed by atoms with Crippen LogP contribution in [0.5, 0.6) is 0 Å². The lowest BCUT2D eigenvalue weighted by Crippen LogP contribution is -2.15. The average Bonchev–Trinajstić information content (AvgIpc) is 2.34. The van der Waals surface area contributed by atoms with Gasteiger partial charge in [-0.25, -0.2) is 9.37 Å². The van der Waals surface area contributed by atoms with Crippen LogP contribution in [-0.4, -0.2) is 15.9 Å². The minimum absolute atomic E-state index is 0.397. The van der Waals surface area contributed by atoms with Crippen LogP contribution < -0.4 is 5.32 Å². The van der Waals surface area contributed by atoms with Crippen LogP contribution in [-0.2, 0) is 0 Å². The van der Waals surface area contributed by atoms with E-state index >= 15 is 0 Å². The van der Waals surface area contributed by atoms with Crippen molar-refractivity contribution in [1.82, 2.24) is 9.97 Å². The van der Waals surface area contributed by atoms with E-state index in [1.165, 1.54) is 12.4 Å². The van der Waals surface area contributed by atoms with E-state index in [1.807, 2.05) is 0 Å². The molecule has 0 aliphatic rings. The van der Waals surface area contributed by atoms with Crippen molar-refractivity contribution in [3.63, 3.8) is 0 Å². The minimum atomic E-state index is -1.30. The zero-order valence-corrected chi connectivity index (χ0v) is 8.52. The third kappa shape index (κ3) is 2.41. The first-order valence-corrected chi connectivity index (χ1v) is 4.70. The highest BCUT2D eigenvalue weighted by Gasteiger charge is 2.15. The minimum Gasteiger partial charge on any atom is -0.320 e. The zero-order chi connectivity index (χ0) is 12.3. The summed E-state index contributed by atoms with van der Waals surface area (Å²) >= 11 is 0. The molecule has 0 bridgehead atoms. The van der Waals surface area contributed by atoms with Crippen molar-refractivity contribution in [3.8, 4) is 0 Å². The summed E-state index contributed by atoms with van der Waals surface area (Å²) in [7, 11) is 0. The molecule has 2 rings (SSSR count). The number of pyridine rings is 2. The molecule has 0 atom stereocenters. The molecule has 86 valence electrons. The van der Waals surface area contributed by atoms with E-state index in [0.717, 1.165) is 12.3 Å². The average molecular weight is 235 g/mol. The van der Waals surface area contributed by atoms with Crippen LogP contribution in [0.25, 0.3) is 0 Å². The van der Waals surface area contributed by atoms with E-state index < -0.39 is 23.2 Å². The van der Waals surface area contributed by atoms with E-state index in [1.54, 1.807) is 12.1 Å². The van der Waals surface area contributed by atoms with Crippen LogP contribution in [0, 0.1) is 11.8 Å². The highest BCUT2D eigenvalue weighted by molar-refractivity contribution is 6.04. The zero-order valence-electron chi connectivity index (χ0n) is 8.52. The van der Waals surface area contributed by atoms with Crippen LogP contribution >= 0.6 is 0 Å². The molecule has 1 amide bonds. The number of aromatic nitrogens is 2. The van der Waals surface area contributed by atoms with Crippen LogP contribution in [0.15, 0.2) is 36.8 Å². The lowest BCUT2D eigenvalue weighted by atomic mass is 10.2. The van der Waals surface area contributed by atoms with Gasteiger partial charge in [0, 0.05) is 12.4 Å². The molecule has 17 heavy (non-hydrogen) atoms. The van der Waals surface area contributed by atoms with E-state index in [0.29, 0.717) is 5.69 Å². The number of amides is 1. The summed E-state index contributed by atoms with van der Waals surface area (Å²) in [6, 6.07) is 4.30. The Bertz CT molecular complexity index is 546. The first kappa shape index (κ1) is 11.1. The molecular weight excluding hydrogens is 228 g/mol. The van der Waals surface area contributed by atoms with Crippen molar-refractivity contribution < 1.29 is 13.6 Å². The van der Waals surface area contributed by atoms with Crippen molar-refractivity contribution in [2.75, 3.05) is 5.32 Å². The van der Waals surface area contributed by atoms with Crippen LogP contribution in [0.2, 0.25) is 0 Å². The summed E-state index contributed by atoms with van der Waals surface area (Å²) < 4.78 is 26.0. The van der Waals surface area contributed by atoms with Gasteiger partial charge in [-0.1, -0.05) is 0 Å². The molecule has 0 spiro atoms. The van der Waals surface area contributed by atoms with E-state index in [4.69, 9.17) is 0 Å². The van der Waals surface area contributed by atoms with Crippen molar-refractivity contribution in [1.29, 1.82) is 0 Å². The molecule has 0 saturated heterocycles. The molecule has 0 aromatic carbocycles. The first-order chi connectivity index (χ1) is 8.18. The van der Waals surface area contributed by atoms with Gasteiger partial charge < -0.3 is 5.32 Å². The van der Waals surface area contributed by atoms with E-state index in [2.05, 4.69) is 15.3 Å². The SMILES string of the molecule is O=C(Nc1cccnc1)c1ccnc(F)c1F. The number of hydrogen-bond acceptors (Lipinski definition) is 3. The topological polar surface area (TPSA) is 54.9 Å². The Labute approximate surface area is 95.3 Å². The Balaban J connectivity index is 2.24. The molecule has 2 aromatic rings. The number of anilines is 1. The number of carbonyl (C=O) groups excluding carboxylic acids is 1. The van der Waals surface area contributed by atoms with Gasteiger partial charge in [-0.2, -0.15) is 4.39 Å². The molecule has 0 aliphatic heterocycles. The molecule has 0 fully saturated rings. The van der Waals surface area contributed by atoms with Crippen molar-refractivity contribution in [2.24, 2.45) is 0 Å². The van der Waals surface area contributed by atoms with Crippen LogP contribution in [0.4, 0.5) is 14.5 Å². The molecule has 1 N–H and O–H groups in total. The number of nitrogens with zero attached hydrogens (tertiary/aromatic N) is 2. The lowest BCUT2D eigenvalue weighted by Gasteiger charge is -2.05. The van der Waals surface area contributed by atoms with E-state index in [-0.39, 0.29) is 0 Å². The maximum absolute atomic E-state index is 13.2. The molecule has 0 aliphatic carbocycles. The highest BCUT2D eigenvalue weighted by Crippen LogP contribution is 2.11. The number of hydrogen-bond donors (Lipinski definition) is 1. The highest BCUT2D eigenvalue weighted by atomic mass is 19.2. The van der Waals surface area contributed by atoms with Gasteiger partial charge in [0.1, 0.15) is 0 Å². The molecule has 2 heterocycles. The Hall–Kier alpha value is -2.37. The predicted molar refractivity (Wildman–Crippen MR) is 56.3 cm³/mol. The fraction of sp³-hybridized carbons (Fsp3) is 0. The van der Waals surface area contributed by atoms with Gasteiger partial charge in [0.15, 0.2) is 5.82 Å². The molecule has 2 aromatic heterocycles. The van der Waals surface area contributed by atoms with Gasteiger partial charge in [-0.15, -0.1) is 0 Å². The van der Waals surface area contributed by atoms with Gasteiger partial charge >= 0.3 is 0 Å². The summed E-state index contributed by atoms with van der Waals surface area (Å²) in [5.41, 5.74) is -0.00419. The summed E-state index contributed by atoms with van der Waals surface area (Å²) in [5.74, 6) is -3.32. The second kappa shape index (κ2) is 4.65. The predicted octanol–water partition coefficient (Wildman–Crippen LogP) is 2.01. The fourth-order valence-electron chi connectivity index (χ4n) is 1.23. The Kier molecular flexibility index (Phi) is 3.04. The maximum Gasteiger partial charge on any atom is 0.258 e. The molecule has 0 unspecified atom stereocenters. The smallest absolute Gasteiger partial charge is 0.258 e. The molecule has 4 nitrogen and oxygen atoms in total. The second-order valence-electron chi connectivity index (χ2n) is 3.16. The largest absolute Gasteiger partial charge is 0.320 e. The fourth-order valence-corrected chi connectivity index (χ4v) is 1.23. The van der Waals surface area contributed by atoms with Crippen LogP contribution in [0.1, 0.15) is 10.4 Å². The number of carbonyl (C=O) groups is 1. The Morgan fingerprint density at radius 2 is 2.06 bits per heavy atom. The maximum atomic E-state index is 13.2. The first-order valence-electron chi connectivity index (χ1n) is 4.70. The number of nitrogens with one attached hydrogen (secondary N) is 1. The van der Waals surface area contributed by atoms with Gasteiger partial charge in [-0.3, -0.25) is 9.78 Å². The summed E-state index contributed by atoms with van der Waals surface area (Å²) in [4.78, 5) is 18.5. The normalized spacial score (nSPS) is 10.0. The third-order valence-corrected chi connectivity index (χ3v) is 2.01. The van der Waals surface area contributed by atoms with Crippen molar-refractivity contribution in [2.45, 2.75) is 0 Å². The van der Waals surface area contributed by atoms with E-state index in [9.17, 15) is 13.6 Å². The molecular formula is C11H7F2N3O. The Morgan fingerprint density at radius 1 is 1.24 bits per heavy atom. The summed E-state index contributed by atoms with van der Waals surface area (Å²) in [5, 5.41) is 2.39. The van der Waals surface area contributed by atoms with Crippen molar-refractivity contribution in [3.05, 3.63) is 54.1 Å². The monoisotopic (exact) mass is 235 g/mol. The van der Waals surface area contributed by atoms with Gasteiger partial charge in [0.25, 0.3) is 5.91 Å². The second-order valence-corrected chi connectivity index (χ2v) is 3.16. The van der Waals surface area contributed by atoms with Crippen molar-refractivity contribution >= 4 is 11.6 Å². The standard InChI is InChI=1S/C11H7F2N3O/c12-9-8(3-5-15-10(9)13)11(17)16-7-2-1-4-14-6-7/h1-6H,(H,16,17). The number of rotatable bonds is 2. The Morgan fingerprint density at radius 3 is 2.76 bits per heavy atom. The molecule has 6 heteroatoms. The molecule has 0 saturated carbocycles. The van der Waals surface area contributed by atoms with Crippen LogP contribution in [0.3, 0.4) is 0 Å². The third-order valence-electron chi connectivity index (χ3n) is 2.01. The summed E-state index contributed by atoms with van der Waals surface area (Å²) in [6.45, 7) is 0. The van der Waals surface area contributed by atoms with Gasteiger partial charge in [0.05, 0.1) is 17.4 Å². The van der Waals surface area contributed by atoms with Gasteiger partial charge in [-0.05, 0) is 18.2 Å². The number of halogens is 2. The van der Waals surface area contributed by atoms with Gasteiger partial charge in [0.2, 0.25) is 5.95 Å².